The average Bonchev–Trinajstić information content (AvgIpc) is 2.73. The molecule has 154 valence electrons. The van der Waals surface area contributed by atoms with Crippen molar-refractivity contribution in [2.24, 2.45) is 0 Å². The van der Waals surface area contributed by atoms with Crippen molar-refractivity contribution in [2.45, 2.75) is 26.0 Å². The molecule has 0 bridgehead atoms. The van der Waals surface area contributed by atoms with E-state index in [1.165, 1.54) is 11.1 Å². The van der Waals surface area contributed by atoms with Crippen LogP contribution in [-0.4, -0.2) is 35.8 Å². The van der Waals surface area contributed by atoms with E-state index in [0.29, 0.717) is 13.2 Å². The van der Waals surface area contributed by atoms with Gasteiger partial charge in [-0.25, -0.2) is 0 Å². The highest BCUT2D eigenvalue weighted by molar-refractivity contribution is 5.85. The van der Waals surface area contributed by atoms with Crippen molar-refractivity contribution in [3.8, 4) is 5.75 Å². The van der Waals surface area contributed by atoms with Crippen LogP contribution >= 0.6 is 12.4 Å². The van der Waals surface area contributed by atoms with Gasteiger partial charge in [0.1, 0.15) is 18.5 Å². The van der Waals surface area contributed by atoms with Gasteiger partial charge in [0.2, 0.25) is 0 Å². The van der Waals surface area contributed by atoms with E-state index in [0.717, 1.165) is 30.8 Å². The highest BCUT2D eigenvalue weighted by Crippen LogP contribution is 2.16. The molecule has 4 heteroatoms. The smallest absolute Gasteiger partial charge is 0.122 e. The Hall–Kier alpha value is -2.33. The zero-order valence-corrected chi connectivity index (χ0v) is 17.7. The van der Waals surface area contributed by atoms with Gasteiger partial charge in [-0.1, -0.05) is 78.9 Å². The fraction of sp³-hybridized carbons (Fsp3) is 0.280. The maximum atomic E-state index is 10.6. The largest absolute Gasteiger partial charge is 0.491 e. The van der Waals surface area contributed by atoms with Crippen LogP contribution in [0.1, 0.15) is 16.7 Å². The topological polar surface area (TPSA) is 32.7 Å². The summed E-state index contributed by atoms with van der Waals surface area (Å²) in [5.41, 5.74) is 3.65. The molecular formula is C25H30ClNO2. The average molecular weight is 412 g/mol. The standard InChI is InChI=1S/C25H29NO2.ClH/c1-21-10-8-9-15-25(21)28-20-24(27)19-26(18-23-13-6-3-7-14-23)17-16-22-11-4-2-5-12-22;/h2-15,24,27H,16-20H2,1H3;1H. The predicted molar refractivity (Wildman–Crippen MR) is 122 cm³/mol. The van der Waals surface area contributed by atoms with E-state index >= 15 is 0 Å². The molecule has 3 aromatic rings. The third-order valence-corrected chi connectivity index (χ3v) is 4.80. The molecule has 3 rings (SSSR count). The van der Waals surface area contributed by atoms with Gasteiger partial charge in [-0.3, -0.25) is 4.90 Å². The Bertz CT molecular complexity index is 826. The minimum atomic E-state index is -0.543. The quantitative estimate of drug-likeness (QED) is 0.515. The molecule has 0 saturated heterocycles. The second-order valence-corrected chi connectivity index (χ2v) is 7.19. The minimum absolute atomic E-state index is 0. The van der Waals surface area contributed by atoms with Crippen molar-refractivity contribution in [1.82, 2.24) is 4.90 Å². The summed E-state index contributed by atoms with van der Waals surface area (Å²) in [7, 11) is 0. The van der Waals surface area contributed by atoms with E-state index < -0.39 is 6.10 Å². The minimum Gasteiger partial charge on any atom is -0.491 e. The van der Waals surface area contributed by atoms with Crippen molar-refractivity contribution < 1.29 is 9.84 Å². The zero-order chi connectivity index (χ0) is 19.6. The SMILES string of the molecule is Cc1ccccc1OCC(O)CN(CCc1ccccc1)Cc1ccccc1.Cl. The molecule has 0 aromatic heterocycles. The summed E-state index contributed by atoms with van der Waals surface area (Å²) in [6.45, 7) is 4.59. The summed E-state index contributed by atoms with van der Waals surface area (Å²) >= 11 is 0. The summed E-state index contributed by atoms with van der Waals surface area (Å²) in [5.74, 6) is 0.834. The van der Waals surface area contributed by atoms with Gasteiger partial charge in [-0.2, -0.15) is 0 Å². The Balaban J connectivity index is 0.00000300. The third kappa shape index (κ3) is 7.90. The molecule has 0 aliphatic rings. The molecule has 1 atom stereocenters. The maximum absolute atomic E-state index is 10.6. The highest BCUT2D eigenvalue weighted by atomic mass is 35.5. The van der Waals surface area contributed by atoms with Gasteiger partial charge in [0, 0.05) is 19.6 Å². The second kappa shape index (κ2) is 12.3. The lowest BCUT2D eigenvalue weighted by Crippen LogP contribution is -2.36. The molecule has 0 radical (unpaired) electrons. The number of rotatable bonds is 10. The normalized spacial score (nSPS) is 11.7. The Kier molecular flexibility index (Phi) is 9.72. The molecular weight excluding hydrogens is 382 g/mol. The summed E-state index contributed by atoms with van der Waals surface area (Å²) < 4.78 is 5.84. The Morgan fingerprint density at radius 1 is 0.828 bits per heavy atom. The molecule has 0 saturated carbocycles. The van der Waals surface area contributed by atoms with Crippen LogP contribution in [0.5, 0.6) is 5.75 Å². The van der Waals surface area contributed by atoms with E-state index in [2.05, 4.69) is 53.4 Å². The number of aliphatic hydroxyl groups excluding tert-OH is 1. The zero-order valence-electron chi connectivity index (χ0n) is 16.9. The van der Waals surface area contributed by atoms with Crippen LogP contribution in [0.4, 0.5) is 0 Å². The van der Waals surface area contributed by atoms with Crippen molar-refractivity contribution in [1.29, 1.82) is 0 Å². The first-order valence-corrected chi connectivity index (χ1v) is 9.87. The van der Waals surface area contributed by atoms with Crippen molar-refractivity contribution in [3.63, 3.8) is 0 Å². The van der Waals surface area contributed by atoms with Crippen LogP contribution in [-0.2, 0) is 13.0 Å². The van der Waals surface area contributed by atoms with Gasteiger partial charge in [0.15, 0.2) is 0 Å². The van der Waals surface area contributed by atoms with Crippen LogP contribution in [0.15, 0.2) is 84.9 Å². The van der Waals surface area contributed by atoms with Gasteiger partial charge < -0.3 is 9.84 Å². The first kappa shape index (κ1) is 23.0. The number of hydrogen-bond donors (Lipinski definition) is 1. The fourth-order valence-electron chi connectivity index (χ4n) is 3.26. The Labute approximate surface area is 180 Å². The molecule has 0 spiro atoms. The number of aliphatic hydroxyl groups is 1. The van der Waals surface area contributed by atoms with E-state index in [1.54, 1.807) is 0 Å². The van der Waals surface area contributed by atoms with E-state index in [9.17, 15) is 5.11 Å². The predicted octanol–water partition coefficient (Wildman–Crippen LogP) is 4.90. The lowest BCUT2D eigenvalue weighted by atomic mass is 10.1. The number of benzene rings is 3. The van der Waals surface area contributed by atoms with E-state index in [1.807, 2.05) is 43.3 Å². The molecule has 0 amide bonds. The van der Waals surface area contributed by atoms with Crippen LogP contribution < -0.4 is 4.74 Å². The van der Waals surface area contributed by atoms with E-state index in [-0.39, 0.29) is 12.4 Å². The second-order valence-electron chi connectivity index (χ2n) is 7.19. The van der Waals surface area contributed by atoms with E-state index in [4.69, 9.17) is 4.74 Å². The third-order valence-electron chi connectivity index (χ3n) is 4.80. The number of ether oxygens (including phenoxy) is 1. The van der Waals surface area contributed by atoms with Gasteiger partial charge in [0.05, 0.1) is 0 Å². The van der Waals surface area contributed by atoms with Crippen LogP contribution in [0.25, 0.3) is 0 Å². The number of para-hydroxylation sites is 1. The van der Waals surface area contributed by atoms with Crippen LogP contribution in [0, 0.1) is 6.92 Å². The first-order valence-electron chi connectivity index (χ1n) is 9.87. The molecule has 0 heterocycles. The van der Waals surface area contributed by atoms with Gasteiger partial charge in [0.25, 0.3) is 0 Å². The molecule has 1 N–H and O–H groups in total. The fourth-order valence-corrected chi connectivity index (χ4v) is 3.26. The number of hydrogen-bond acceptors (Lipinski definition) is 3. The first-order chi connectivity index (χ1) is 13.7. The molecule has 0 fully saturated rings. The Morgan fingerprint density at radius 3 is 2.07 bits per heavy atom. The molecule has 0 aliphatic heterocycles. The summed E-state index contributed by atoms with van der Waals surface area (Å²) in [4.78, 5) is 2.30. The van der Waals surface area contributed by atoms with Gasteiger partial charge in [-0.15, -0.1) is 12.4 Å². The summed E-state index contributed by atoms with van der Waals surface area (Å²) in [6.07, 6.45) is 0.415. The number of aryl methyl sites for hydroxylation is 1. The lowest BCUT2D eigenvalue weighted by Gasteiger charge is -2.25. The van der Waals surface area contributed by atoms with Crippen LogP contribution in [0.2, 0.25) is 0 Å². The monoisotopic (exact) mass is 411 g/mol. The Morgan fingerprint density at radius 2 is 1.41 bits per heavy atom. The molecule has 3 nitrogen and oxygen atoms in total. The molecule has 29 heavy (non-hydrogen) atoms. The molecule has 0 aliphatic carbocycles. The van der Waals surface area contributed by atoms with Crippen LogP contribution in [0.3, 0.4) is 0 Å². The highest BCUT2D eigenvalue weighted by Gasteiger charge is 2.14. The summed E-state index contributed by atoms with van der Waals surface area (Å²) in [6, 6.07) is 28.8. The molecule has 3 aromatic carbocycles. The lowest BCUT2D eigenvalue weighted by molar-refractivity contribution is 0.0657. The number of halogens is 1. The maximum Gasteiger partial charge on any atom is 0.122 e. The van der Waals surface area contributed by atoms with Crippen molar-refractivity contribution in [3.05, 3.63) is 102 Å². The summed E-state index contributed by atoms with van der Waals surface area (Å²) in [5, 5.41) is 10.6. The van der Waals surface area contributed by atoms with Gasteiger partial charge >= 0.3 is 0 Å². The number of nitrogens with zero attached hydrogens (tertiary/aromatic N) is 1. The van der Waals surface area contributed by atoms with Crippen molar-refractivity contribution >= 4 is 12.4 Å². The van der Waals surface area contributed by atoms with Gasteiger partial charge in [-0.05, 0) is 36.1 Å². The molecule has 1 unspecified atom stereocenters. The van der Waals surface area contributed by atoms with Crippen molar-refractivity contribution in [2.75, 3.05) is 19.7 Å².